The van der Waals surface area contributed by atoms with Crippen LogP contribution >= 0.6 is 11.6 Å². The van der Waals surface area contributed by atoms with Gasteiger partial charge in [-0.25, -0.2) is 9.36 Å². The number of aromatic nitrogens is 4. The van der Waals surface area contributed by atoms with E-state index >= 15 is 0 Å². The lowest BCUT2D eigenvalue weighted by Crippen LogP contribution is -2.31. The Morgan fingerprint density at radius 3 is 2.82 bits per heavy atom. The first-order valence-corrected chi connectivity index (χ1v) is 10.9. The first kappa shape index (κ1) is 19.8. The Morgan fingerprint density at radius 1 is 1.15 bits per heavy atom. The van der Waals surface area contributed by atoms with Crippen molar-refractivity contribution in [2.45, 2.75) is 25.3 Å². The normalized spacial score (nSPS) is 14.6. The molecule has 0 atom stereocenters. The highest BCUT2D eigenvalue weighted by Crippen LogP contribution is 2.41. The Labute approximate surface area is 192 Å². The third-order valence-electron chi connectivity index (χ3n) is 5.68. The van der Waals surface area contributed by atoms with Crippen LogP contribution in [0.25, 0.3) is 16.6 Å². The summed E-state index contributed by atoms with van der Waals surface area (Å²) in [6, 6.07) is 12.2. The van der Waals surface area contributed by atoms with Gasteiger partial charge < -0.3 is 14.8 Å². The summed E-state index contributed by atoms with van der Waals surface area (Å²) in [6.07, 6.45) is 3.65. The lowest BCUT2D eigenvalue weighted by molar-refractivity contribution is -0.117. The van der Waals surface area contributed by atoms with Gasteiger partial charge in [-0.3, -0.25) is 9.59 Å². The molecule has 33 heavy (non-hydrogen) atoms. The molecule has 1 saturated carbocycles. The Hall–Kier alpha value is -3.85. The number of nitrogens with one attached hydrogen (secondary N) is 1. The van der Waals surface area contributed by atoms with Crippen molar-refractivity contribution in [2.24, 2.45) is 0 Å². The highest BCUT2D eigenvalue weighted by molar-refractivity contribution is 6.30. The van der Waals surface area contributed by atoms with Gasteiger partial charge in [-0.1, -0.05) is 17.7 Å². The van der Waals surface area contributed by atoms with Gasteiger partial charge in [-0.05, 0) is 43.2 Å². The molecule has 1 aliphatic heterocycles. The van der Waals surface area contributed by atoms with E-state index in [2.05, 4.69) is 15.5 Å². The predicted molar refractivity (Wildman–Crippen MR) is 121 cm³/mol. The third kappa shape index (κ3) is 3.60. The van der Waals surface area contributed by atoms with Crippen LogP contribution in [-0.2, 0) is 11.3 Å². The fraction of sp³-hybridized carbons (Fsp3) is 0.217. The lowest BCUT2D eigenvalue weighted by atomic mass is 10.2. The maximum absolute atomic E-state index is 13.4. The van der Waals surface area contributed by atoms with Crippen LogP contribution in [0.4, 0.5) is 5.69 Å². The number of carbonyl (C=O) groups excluding carboxylic acids is 1. The van der Waals surface area contributed by atoms with Crippen molar-refractivity contribution in [1.29, 1.82) is 0 Å². The van der Waals surface area contributed by atoms with Crippen LogP contribution in [0.15, 0.2) is 53.5 Å². The van der Waals surface area contributed by atoms with Crippen molar-refractivity contribution in [3.05, 3.63) is 69.7 Å². The maximum Gasteiger partial charge on any atom is 0.293 e. The molecule has 0 saturated heterocycles. The molecule has 1 fully saturated rings. The number of nitrogens with zero attached hydrogens (tertiary/aromatic N) is 4. The van der Waals surface area contributed by atoms with Crippen molar-refractivity contribution in [1.82, 2.24) is 19.6 Å². The molecule has 0 spiro atoms. The molecule has 2 aromatic carbocycles. The Kier molecular flexibility index (Phi) is 4.58. The third-order valence-corrected chi connectivity index (χ3v) is 5.91. The summed E-state index contributed by atoms with van der Waals surface area (Å²) in [5, 5.41) is 13.0. The lowest BCUT2D eigenvalue weighted by Gasteiger charge is -2.11. The van der Waals surface area contributed by atoms with Crippen LogP contribution in [-0.4, -0.2) is 32.3 Å². The van der Waals surface area contributed by atoms with Gasteiger partial charge in [0.15, 0.2) is 11.5 Å². The van der Waals surface area contributed by atoms with Crippen molar-refractivity contribution in [3.8, 4) is 17.2 Å². The largest absolute Gasteiger partial charge is 0.454 e. The van der Waals surface area contributed by atoms with Crippen molar-refractivity contribution < 1.29 is 14.3 Å². The van der Waals surface area contributed by atoms with Gasteiger partial charge in [0.25, 0.3) is 5.56 Å². The summed E-state index contributed by atoms with van der Waals surface area (Å²) < 4.78 is 13.4. The summed E-state index contributed by atoms with van der Waals surface area (Å²) >= 11 is 6.15. The number of ether oxygens (including phenoxy) is 2. The van der Waals surface area contributed by atoms with Gasteiger partial charge in [0.2, 0.25) is 12.7 Å². The molecule has 9 nitrogen and oxygen atoms in total. The fourth-order valence-corrected chi connectivity index (χ4v) is 4.16. The summed E-state index contributed by atoms with van der Waals surface area (Å²) in [5.74, 6) is 1.07. The van der Waals surface area contributed by atoms with E-state index in [0.717, 1.165) is 18.5 Å². The number of rotatable bonds is 5. The number of fused-ring (bicyclic) bond motifs is 2. The highest BCUT2D eigenvalue weighted by Gasteiger charge is 2.30. The van der Waals surface area contributed by atoms with E-state index in [1.807, 2.05) is 6.07 Å². The monoisotopic (exact) mass is 463 g/mol. The van der Waals surface area contributed by atoms with Crippen LogP contribution in [0.1, 0.15) is 24.5 Å². The second-order valence-corrected chi connectivity index (χ2v) is 8.47. The standard InChI is InChI=1S/C23H18ClN5O4/c24-14-2-1-3-16(8-14)29-22-17(10-25-29)21(13-4-5-13)27-28(23(22)31)11-20(30)26-15-6-7-18-19(9-15)33-12-32-18/h1-3,6-10,13H,4-5,11-12H2,(H,26,30). The number of anilines is 1. The van der Waals surface area contributed by atoms with Gasteiger partial charge >= 0.3 is 0 Å². The van der Waals surface area contributed by atoms with E-state index in [4.69, 9.17) is 21.1 Å². The average molecular weight is 464 g/mol. The SMILES string of the molecule is O=C(Cn1nc(C2CC2)c2cnn(-c3cccc(Cl)c3)c2c1=O)Nc1ccc2c(c1)OCO2. The van der Waals surface area contributed by atoms with Crippen molar-refractivity contribution in [3.63, 3.8) is 0 Å². The van der Waals surface area contributed by atoms with Crippen LogP contribution in [0.3, 0.4) is 0 Å². The molecule has 4 aromatic rings. The summed E-state index contributed by atoms with van der Waals surface area (Å²) in [5.41, 5.74) is 1.98. The quantitative estimate of drug-likeness (QED) is 0.486. The zero-order valence-electron chi connectivity index (χ0n) is 17.3. The number of benzene rings is 2. The van der Waals surface area contributed by atoms with Gasteiger partial charge in [0.05, 0.1) is 17.6 Å². The Balaban J connectivity index is 1.37. The summed E-state index contributed by atoms with van der Waals surface area (Å²) in [6.45, 7) is -0.0834. The van der Waals surface area contributed by atoms with Gasteiger partial charge in [0.1, 0.15) is 12.1 Å². The van der Waals surface area contributed by atoms with E-state index < -0.39 is 5.56 Å². The van der Waals surface area contributed by atoms with Crippen LogP contribution in [0.2, 0.25) is 5.02 Å². The fourth-order valence-electron chi connectivity index (χ4n) is 3.97. The molecule has 0 bridgehead atoms. The van der Waals surface area contributed by atoms with E-state index in [9.17, 15) is 9.59 Å². The smallest absolute Gasteiger partial charge is 0.293 e. The minimum Gasteiger partial charge on any atom is -0.454 e. The molecule has 2 aromatic heterocycles. The van der Waals surface area contributed by atoms with Crippen LogP contribution in [0, 0.1) is 0 Å². The van der Waals surface area contributed by atoms with Gasteiger partial charge in [0, 0.05) is 28.1 Å². The molecular formula is C23H18ClN5O4. The molecular weight excluding hydrogens is 446 g/mol. The van der Waals surface area contributed by atoms with Crippen molar-refractivity contribution in [2.75, 3.05) is 12.1 Å². The average Bonchev–Trinajstić information content (AvgIpc) is 3.36. The van der Waals surface area contributed by atoms with Crippen molar-refractivity contribution >= 4 is 34.1 Å². The molecule has 10 heteroatoms. The number of halogens is 1. The number of hydrogen-bond donors (Lipinski definition) is 1. The van der Waals surface area contributed by atoms with E-state index in [1.54, 1.807) is 47.3 Å². The minimum atomic E-state index is -0.396. The summed E-state index contributed by atoms with van der Waals surface area (Å²) in [7, 11) is 0. The molecule has 3 heterocycles. The van der Waals surface area contributed by atoms with Gasteiger partial charge in [-0.2, -0.15) is 10.2 Å². The minimum absolute atomic E-state index is 0.149. The van der Waals surface area contributed by atoms with E-state index in [1.165, 1.54) is 4.68 Å². The molecule has 1 N–H and O–H groups in total. The second kappa shape index (κ2) is 7.63. The summed E-state index contributed by atoms with van der Waals surface area (Å²) in [4.78, 5) is 26.2. The topological polar surface area (TPSA) is 100 Å². The zero-order valence-corrected chi connectivity index (χ0v) is 18.1. The number of amides is 1. The molecule has 6 rings (SSSR count). The predicted octanol–water partition coefficient (Wildman–Crippen LogP) is 3.48. The highest BCUT2D eigenvalue weighted by atomic mass is 35.5. The Morgan fingerprint density at radius 2 is 2.00 bits per heavy atom. The zero-order chi connectivity index (χ0) is 22.5. The van der Waals surface area contributed by atoms with Crippen LogP contribution in [0.5, 0.6) is 11.5 Å². The van der Waals surface area contributed by atoms with E-state index in [-0.39, 0.29) is 25.2 Å². The second-order valence-electron chi connectivity index (χ2n) is 8.04. The molecule has 1 aliphatic carbocycles. The van der Waals surface area contributed by atoms with Crippen LogP contribution < -0.4 is 20.3 Å². The molecule has 1 amide bonds. The first-order valence-electron chi connectivity index (χ1n) is 10.5. The van der Waals surface area contributed by atoms with E-state index in [0.29, 0.717) is 38.8 Å². The van der Waals surface area contributed by atoms with Gasteiger partial charge in [-0.15, -0.1) is 0 Å². The number of carbonyl (C=O) groups is 1. The molecule has 0 unspecified atom stereocenters. The molecule has 166 valence electrons. The molecule has 0 radical (unpaired) electrons. The molecule has 2 aliphatic rings. The first-order chi connectivity index (χ1) is 16.1. The number of hydrogen-bond acceptors (Lipinski definition) is 6. The Bertz CT molecular complexity index is 1470. The maximum atomic E-state index is 13.4.